The molecule has 1 rings (SSSR count). The second kappa shape index (κ2) is 5.95. The van der Waals surface area contributed by atoms with Crippen molar-refractivity contribution in [1.29, 1.82) is 0 Å². The Bertz CT molecular complexity index is 444. The molecule has 2 N–H and O–H groups in total. The summed E-state index contributed by atoms with van der Waals surface area (Å²) >= 11 is 1.51. The minimum absolute atomic E-state index is 0.124. The van der Waals surface area contributed by atoms with Gasteiger partial charge in [0.05, 0.1) is 17.1 Å². The van der Waals surface area contributed by atoms with Crippen molar-refractivity contribution >= 4 is 23.2 Å². The van der Waals surface area contributed by atoms with E-state index in [1.807, 2.05) is 12.3 Å². The minimum Gasteiger partial charge on any atom is -0.480 e. The topological polar surface area (TPSA) is 79.3 Å². The lowest BCUT2D eigenvalue weighted by molar-refractivity contribution is -0.146. The minimum atomic E-state index is -1.21. The summed E-state index contributed by atoms with van der Waals surface area (Å²) < 4.78 is 0. The maximum absolute atomic E-state index is 11.8. The molecule has 1 amide bonds. The Hall–Kier alpha value is -1.43. The maximum Gasteiger partial charge on any atom is 0.329 e. The number of rotatable bonds is 6. The van der Waals surface area contributed by atoms with Crippen LogP contribution in [-0.4, -0.2) is 27.5 Å². The standard InChI is InChI=1S/C12H18N2O3S/c1-4-10-13-8(7-18-10)6-9(15)14-12(3,5-2)11(16)17/h7H,4-6H2,1-3H3,(H,14,15)(H,16,17). The van der Waals surface area contributed by atoms with Gasteiger partial charge in [-0.1, -0.05) is 13.8 Å². The summed E-state index contributed by atoms with van der Waals surface area (Å²) in [5.74, 6) is -1.33. The van der Waals surface area contributed by atoms with Gasteiger partial charge in [0.15, 0.2) is 0 Å². The Labute approximate surface area is 110 Å². The first kappa shape index (κ1) is 14.6. The lowest BCUT2D eigenvalue weighted by atomic mass is 9.99. The zero-order valence-electron chi connectivity index (χ0n) is 10.8. The van der Waals surface area contributed by atoms with E-state index in [0.717, 1.165) is 11.4 Å². The summed E-state index contributed by atoms with van der Waals surface area (Å²) in [5, 5.41) is 14.4. The third-order valence-electron chi connectivity index (χ3n) is 2.84. The summed E-state index contributed by atoms with van der Waals surface area (Å²) in [6.45, 7) is 5.24. The van der Waals surface area contributed by atoms with Crippen molar-refractivity contribution in [1.82, 2.24) is 10.3 Å². The van der Waals surface area contributed by atoms with Crippen molar-refractivity contribution in [2.24, 2.45) is 0 Å². The monoisotopic (exact) mass is 270 g/mol. The molecule has 6 heteroatoms. The van der Waals surface area contributed by atoms with Crippen molar-refractivity contribution in [3.63, 3.8) is 0 Å². The average Bonchev–Trinajstić information content (AvgIpc) is 2.76. The lowest BCUT2D eigenvalue weighted by Crippen LogP contribution is -2.52. The van der Waals surface area contributed by atoms with Gasteiger partial charge < -0.3 is 10.4 Å². The Morgan fingerprint density at radius 2 is 2.17 bits per heavy atom. The third-order valence-corrected chi connectivity index (χ3v) is 3.88. The van der Waals surface area contributed by atoms with Crippen LogP contribution in [0, 0.1) is 0 Å². The summed E-state index contributed by atoms with van der Waals surface area (Å²) in [6.07, 6.45) is 1.30. The molecule has 0 aliphatic heterocycles. The highest BCUT2D eigenvalue weighted by molar-refractivity contribution is 7.09. The van der Waals surface area contributed by atoms with E-state index in [0.29, 0.717) is 12.1 Å². The predicted molar refractivity (Wildman–Crippen MR) is 69.7 cm³/mol. The van der Waals surface area contributed by atoms with Gasteiger partial charge in [-0.25, -0.2) is 9.78 Å². The summed E-state index contributed by atoms with van der Waals surface area (Å²) in [5.41, 5.74) is -0.515. The number of aryl methyl sites for hydroxylation is 1. The van der Waals surface area contributed by atoms with Crippen LogP contribution in [0.4, 0.5) is 0 Å². The molecule has 1 heterocycles. The molecule has 1 unspecified atom stereocenters. The molecule has 18 heavy (non-hydrogen) atoms. The fraction of sp³-hybridized carbons (Fsp3) is 0.583. The van der Waals surface area contributed by atoms with Gasteiger partial charge in [0.25, 0.3) is 0 Å². The van der Waals surface area contributed by atoms with E-state index in [-0.39, 0.29) is 12.3 Å². The smallest absolute Gasteiger partial charge is 0.329 e. The highest BCUT2D eigenvalue weighted by Crippen LogP contribution is 2.13. The zero-order chi connectivity index (χ0) is 13.8. The number of carboxylic acid groups (broad SMARTS) is 1. The average molecular weight is 270 g/mol. The number of carboxylic acids is 1. The van der Waals surface area contributed by atoms with E-state index >= 15 is 0 Å². The number of carbonyl (C=O) groups excluding carboxylic acids is 1. The van der Waals surface area contributed by atoms with E-state index in [9.17, 15) is 9.59 Å². The highest BCUT2D eigenvalue weighted by Gasteiger charge is 2.32. The van der Waals surface area contributed by atoms with E-state index in [1.165, 1.54) is 18.3 Å². The van der Waals surface area contributed by atoms with E-state index in [1.54, 1.807) is 6.92 Å². The second-order valence-corrected chi connectivity index (χ2v) is 5.24. The number of aliphatic carboxylic acids is 1. The lowest BCUT2D eigenvalue weighted by Gasteiger charge is -2.24. The number of hydrogen-bond donors (Lipinski definition) is 2. The van der Waals surface area contributed by atoms with Gasteiger partial charge in [0, 0.05) is 5.38 Å². The molecule has 0 saturated heterocycles. The van der Waals surface area contributed by atoms with Gasteiger partial charge in [-0.15, -0.1) is 11.3 Å². The third kappa shape index (κ3) is 3.53. The molecule has 0 fully saturated rings. The molecule has 5 nitrogen and oxygen atoms in total. The Balaban J connectivity index is 2.63. The maximum atomic E-state index is 11.8. The van der Waals surface area contributed by atoms with Crippen LogP contribution in [0.25, 0.3) is 0 Å². The fourth-order valence-electron chi connectivity index (χ4n) is 1.40. The summed E-state index contributed by atoms with van der Waals surface area (Å²) in [7, 11) is 0. The molecule has 0 aliphatic carbocycles. The van der Waals surface area contributed by atoms with Crippen LogP contribution < -0.4 is 5.32 Å². The molecule has 0 aromatic carbocycles. The molecule has 0 bridgehead atoms. The normalized spacial score (nSPS) is 13.9. The van der Waals surface area contributed by atoms with Gasteiger partial charge in [-0.05, 0) is 19.8 Å². The number of nitrogens with zero attached hydrogens (tertiary/aromatic N) is 1. The van der Waals surface area contributed by atoms with Crippen molar-refractivity contribution < 1.29 is 14.7 Å². The first-order chi connectivity index (χ1) is 8.41. The Morgan fingerprint density at radius 3 is 2.61 bits per heavy atom. The van der Waals surface area contributed by atoms with Crippen molar-refractivity contribution in [3.8, 4) is 0 Å². The molecule has 0 radical (unpaired) electrons. The first-order valence-electron chi connectivity index (χ1n) is 5.89. The van der Waals surface area contributed by atoms with E-state index in [2.05, 4.69) is 10.3 Å². The van der Waals surface area contributed by atoms with Gasteiger partial charge >= 0.3 is 5.97 Å². The van der Waals surface area contributed by atoms with Gasteiger partial charge in [-0.3, -0.25) is 4.79 Å². The number of nitrogens with one attached hydrogen (secondary N) is 1. The number of hydrogen-bond acceptors (Lipinski definition) is 4. The van der Waals surface area contributed by atoms with Crippen LogP contribution in [0.1, 0.15) is 37.9 Å². The number of aromatic nitrogens is 1. The molecular weight excluding hydrogens is 252 g/mol. The van der Waals surface area contributed by atoms with E-state index in [4.69, 9.17) is 5.11 Å². The van der Waals surface area contributed by atoms with Crippen LogP contribution in [0.2, 0.25) is 0 Å². The SMILES string of the molecule is CCc1nc(CC(=O)NC(C)(CC)C(=O)O)cs1. The molecule has 0 aliphatic rings. The quantitative estimate of drug-likeness (QED) is 0.823. The number of thiazole rings is 1. The molecular formula is C12H18N2O3S. The molecule has 100 valence electrons. The zero-order valence-corrected chi connectivity index (χ0v) is 11.6. The first-order valence-corrected chi connectivity index (χ1v) is 6.77. The van der Waals surface area contributed by atoms with Crippen molar-refractivity contribution in [3.05, 3.63) is 16.1 Å². The van der Waals surface area contributed by atoms with Gasteiger partial charge in [0.1, 0.15) is 5.54 Å². The Kier molecular flexibility index (Phi) is 4.84. The highest BCUT2D eigenvalue weighted by atomic mass is 32.1. The van der Waals surface area contributed by atoms with Crippen molar-refractivity contribution in [2.45, 2.75) is 45.6 Å². The van der Waals surface area contributed by atoms with Gasteiger partial charge in [-0.2, -0.15) is 0 Å². The van der Waals surface area contributed by atoms with Crippen LogP contribution in [-0.2, 0) is 22.4 Å². The molecule has 0 saturated carbocycles. The second-order valence-electron chi connectivity index (χ2n) is 4.30. The van der Waals surface area contributed by atoms with Crippen LogP contribution in [0.15, 0.2) is 5.38 Å². The molecule has 1 aromatic rings. The predicted octanol–water partition coefficient (Wildman–Crippen LogP) is 1.62. The van der Waals surface area contributed by atoms with Gasteiger partial charge in [0.2, 0.25) is 5.91 Å². The van der Waals surface area contributed by atoms with E-state index < -0.39 is 11.5 Å². The largest absolute Gasteiger partial charge is 0.480 e. The molecule has 1 atom stereocenters. The van der Waals surface area contributed by atoms with Crippen molar-refractivity contribution in [2.75, 3.05) is 0 Å². The van der Waals surface area contributed by atoms with Crippen LogP contribution in [0.5, 0.6) is 0 Å². The van der Waals surface area contributed by atoms with Crippen LogP contribution in [0.3, 0.4) is 0 Å². The fourth-order valence-corrected chi connectivity index (χ4v) is 2.15. The molecule has 0 spiro atoms. The summed E-state index contributed by atoms with van der Waals surface area (Å²) in [6, 6.07) is 0. The Morgan fingerprint density at radius 1 is 1.50 bits per heavy atom. The molecule has 1 aromatic heterocycles. The summed E-state index contributed by atoms with van der Waals surface area (Å²) in [4.78, 5) is 27.1. The number of carbonyl (C=O) groups is 2. The number of amides is 1. The van der Waals surface area contributed by atoms with Crippen LogP contribution >= 0.6 is 11.3 Å².